The first kappa shape index (κ1) is 14.4. The molecule has 106 valence electrons. The third-order valence-corrected chi connectivity index (χ3v) is 4.27. The van der Waals surface area contributed by atoms with E-state index in [-0.39, 0.29) is 6.42 Å². The van der Waals surface area contributed by atoms with Gasteiger partial charge in [-0.05, 0) is 43.2 Å². The topological polar surface area (TPSA) is 20.2 Å². The highest BCUT2D eigenvalue weighted by molar-refractivity contribution is 5.20. The van der Waals surface area contributed by atoms with Crippen LogP contribution in [0.5, 0.6) is 0 Å². The molecule has 1 aromatic carbocycles. The van der Waals surface area contributed by atoms with Gasteiger partial charge < -0.3 is 5.11 Å². The lowest BCUT2D eigenvalue weighted by molar-refractivity contribution is -0.0105. The Balaban J connectivity index is 1.99. The second-order valence-corrected chi connectivity index (χ2v) is 5.87. The predicted molar refractivity (Wildman–Crippen MR) is 71.9 cm³/mol. The number of rotatable bonds is 4. The molecule has 19 heavy (non-hydrogen) atoms. The van der Waals surface area contributed by atoms with Gasteiger partial charge in [0.05, 0.1) is 5.60 Å². The molecule has 0 heterocycles. The minimum Gasteiger partial charge on any atom is -0.390 e. The third kappa shape index (κ3) is 3.75. The predicted octanol–water partition coefficient (Wildman–Crippen LogP) is 4.23. The first-order valence-electron chi connectivity index (χ1n) is 7.19. The molecule has 0 aromatic heterocycles. The van der Waals surface area contributed by atoms with Crippen LogP contribution in [0, 0.1) is 17.6 Å². The highest BCUT2D eigenvalue weighted by atomic mass is 19.1. The Bertz CT molecular complexity index is 423. The largest absolute Gasteiger partial charge is 0.390 e. The van der Waals surface area contributed by atoms with Crippen molar-refractivity contribution in [3.05, 3.63) is 35.4 Å². The molecule has 1 N–H and O–H groups in total. The van der Waals surface area contributed by atoms with Crippen molar-refractivity contribution in [1.29, 1.82) is 0 Å². The summed E-state index contributed by atoms with van der Waals surface area (Å²) in [6, 6.07) is 3.59. The third-order valence-electron chi connectivity index (χ3n) is 4.27. The molecule has 0 saturated heterocycles. The van der Waals surface area contributed by atoms with Crippen molar-refractivity contribution in [2.45, 2.75) is 57.5 Å². The highest BCUT2D eigenvalue weighted by Crippen LogP contribution is 2.36. The van der Waals surface area contributed by atoms with Gasteiger partial charge in [0, 0.05) is 12.5 Å². The molecule has 1 nitrogen and oxygen atoms in total. The normalized spacial score (nSPS) is 27.5. The fourth-order valence-corrected chi connectivity index (χ4v) is 3.11. The summed E-state index contributed by atoms with van der Waals surface area (Å²) in [5.41, 5.74) is -0.402. The van der Waals surface area contributed by atoms with Crippen LogP contribution in [0.15, 0.2) is 18.2 Å². The van der Waals surface area contributed by atoms with Crippen LogP contribution in [-0.2, 0) is 6.42 Å². The zero-order valence-electron chi connectivity index (χ0n) is 11.5. The molecule has 1 aromatic rings. The van der Waals surface area contributed by atoms with Gasteiger partial charge in [-0.25, -0.2) is 8.78 Å². The second kappa shape index (κ2) is 6.00. The van der Waals surface area contributed by atoms with Crippen molar-refractivity contribution < 1.29 is 13.9 Å². The number of hydrogen-bond donors (Lipinski definition) is 1. The van der Waals surface area contributed by atoms with Crippen molar-refractivity contribution >= 4 is 0 Å². The molecule has 0 aliphatic heterocycles. The molecule has 0 spiro atoms. The highest BCUT2D eigenvalue weighted by Gasteiger charge is 2.33. The molecule has 3 heteroatoms. The van der Waals surface area contributed by atoms with Crippen LogP contribution in [0.1, 0.15) is 51.0 Å². The molecule has 1 saturated carbocycles. The van der Waals surface area contributed by atoms with Gasteiger partial charge in [0.25, 0.3) is 0 Å². The van der Waals surface area contributed by atoms with Crippen LogP contribution in [0.2, 0.25) is 0 Å². The summed E-state index contributed by atoms with van der Waals surface area (Å²) in [5.74, 6) is -0.424. The van der Waals surface area contributed by atoms with Crippen molar-refractivity contribution in [3.63, 3.8) is 0 Å². The van der Waals surface area contributed by atoms with E-state index in [1.807, 2.05) is 0 Å². The van der Waals surface area contributed by atoms with Gasteiger partial charge in [-0.1, -0.05) is 25.8 Å². The summed E-state index contributed by atoms with van der Waals surface area (Å²) in [7, 11) is 0. The Morgan fingerprint density at radius 2 is 1.95 bits per heavy atom. The Kier molecular flexibility index (Phi) is 4.56. The average Bonchev–Trinajstić information content (AvgIpc) is 2.36. The van der Waals surface area contributed by atoms with Crippen LogP contribution in [0.4, 0.5) is 8.78 Å². The van der Waals surface area contributed by atoms with E-state index in [1.165, 1.54) is 25.0 Å². The Hall–Kier alpha value is -0.960. The zero-order valence-corrected chi connectivity index (χ0v) is 11.5. The van der Waals surface area contributed by atoms with Gasteiger partial charge in [-0.3, -0.25) is 0 Å². The minimum absolute atomic E-state index is 0.290. The van der Waals surface area contributed by atoms with Gasteiger partial charge in [0.1, 0.15) is 11.6 Å². The maximum Gasteiger partial charge on any atom is 0.129 e. The Morgan fingerprint density at radius 1 is 1.26 bits per heavy atom. The summed E-state index contributed by atoms with van der Waals surface area (Å²) in [5, 5.41) is 10.5. The van der Waals surface area contributed by atoms with Crippen molar-refractivity contribution in [2.75, 3.05) is 0 Å². The molecule has 0 unspecified atom stereocenters. The molecular formula is C16H22F2O. The summed E-state index contributed by atoms with van der Waals surface area (Å²) in [6.45, 7) is 2.18. The standard InChI is InChI=1S/C16H22F2O/c1-2-3-12-6-8-16(19,9-7-12)11-13-4-5-14(17)10-15(13)18/h4-5,10,12,19H,2-3,6-9,11H2,1H3. The van der Waals surface area contributed by atoms with E-state index in [1.54, 1.807) is 0 Å². The fourth-order valence-electron chi connectivity index (χ4n) is 3.11. The first-order valence-corrected chi connectivity index (χ1v) is 7.19. The molecule has 0 amide bonds. The number of hydrogen-bond acceptors (Lipinski definition) is 1. The summed E-state index contributed by atoms with van der Waals surface area (Å²) in [6.07, 6.45) is 6.12. The maximum atomic E-state index is 13.6. The molecule has 0 atom stereocenters. The van der Waals surface area contributed by atoms with E-state index in [0.29, 0.717) is 24.3 Å². The van der Waals surface area contributed by atoms with Gasteiger partial charge >= 0.3 is 0 Å². The quantitative estimate of drug-likeness (QED) is 0.866. The van der Waals surface area contributed by atoms with E-state index >= 15 is 0 Å². The van der Waals surface area contributed by atoms with Crippen LogP contribution in [-0.4, -0.2) is 10.7 Å². The van der Waals surface area contributed by atoms with Crippen LogP contribution >= 0.6 is 0 Å². The molecule has 2 rings (SSSR count). The van der Waals surface area contributed by atoms with E-state index in [9.17, 15) is 13.9 Å². The minimum atomic E-state index is -0.817. The van der Waals surface area contributed by atoms with Crippen molar-refractivity contribution in [1.82, 2.24) is 0 Å². The lowest BCUT2D eigenvalue weighted by Crippen LogP contribution is -2.36. The molecule has 0 bridgehead atoms. The van der Waals surface area contributed by atoms with E-state index in [0.717, 1.165) is 18.9 Å². The molecule has 1 aliphatic rings. The lowest BCUT2D eigenvalue weighted by Gasteiger charge is -2.36. The molecule has 0 radical (unpaired) electrons. The van der Waals surface area contributed by atoms with Crippen LogP contribution < -0.4 is 0 Å². The SMILES string of the molecule is CCCC1CCC(O)(Cc2ccc(F)cc2F)CC1. The monoisotopic (exact) mass is 268 g/mol. The molecular weight excluding hydrogens is 246 g/mol. The van der Waals surface area contributed by atoms with Gasteiger partial charge in [-0.15, -0.1) is 0 Å². The van der Waals surface area contributed by atoms with E-state index in [4.69, 9.17) is 0 Å². The Morgan fingerprint density at radius 3 is 2.53 bits per heavy atom. The average molecular weight is 268 g/mol. The molecule has 1 fully saturated rings. The summed E-state index contributed by atoms with van der Waals surface area (Å²) < 4.78 is 26.5. The Labute approximate surface area is 113 Å². The lowest BCUT2D eigenvalue weighted by atomic mass is 9.74. The number of benzene rings is 1. The van der Waals surface area contributed by atoms with E-state index in [2.05, 4.69) is 6.92 Å². The first-order chi connectivity index (χ1) is 9.02. The van der Waals surface area contributed by atoms with Gasteiger partial charge in [0.15, 0.2) is 0 Å². The number of aliphatic hydroxyl groups is 1. The van der Waals surface area contributed by atoms with Gasteiger partial charge in [-0.2, -0.15) is 0 Å². The van der Waals surface area contributed by atoms with E-state index < -0.39 is 17.2 Å². The summed E-state index contributed by atoms with van der Waals surface area (Å²) >= 11 is 0. The zero-order chi connectivity index (χ0) is 13.9. The fraction of sp³-hybridized carbons (Fsp3) is 0.625. The van der Waals surface area contributed by atoms with Crippen LogP contribution in [0.3, 0.4) is 0 Å². The maximum absolute atomic E-state index is 13.6. The van der Waals surface area contributed by atoms with Crippen LogP contribution in [0.25, 0.3) is 0 Å². The molecule has 1 aliphatic carbocycles. The smallest absolute Gasteiger partial charge is 0.129 e. The van der Waals surface area contributed by atoms with Gasteiger partial charge in [0.2, 0.25) is 0 Å². The summed E-state index contributed by atoms with van der Waals surface area (Å²) in [4.78, 5) is 0. The number of halogens is 2. The second-order valence-electron chi connectivity index (χ2n) is 5.87. The van der Waals surface area contributed by atoms with Crippen molar-refractivity contribution in [3.8, 4) is 0 Å². The van der Waals surface area contributed by atoms with Crippen molar-refractivity contribution in [2.24, 2.45) is 5.92 Å².